The quantitative estimate of drug-likeness (QED) is 0.152. The van der Waals surface area contributed by atoms with Crippen molar-refractivity contribution in [3.05, 3.63) is 105 Å². The lowest BCUT2D eigenvalue weighted by Gasteiger charge is -2.29. The molecule has 2 aliphatic heterocycles. The van der Waals surface area contributed by atoms with E-state index in [-0.39, 0.29) is 25.2 Å². The lowest BCUT2D eigenvalue weighted by molar-refractivity contribution is -0.128. The molecule has 0 aliphatic carbocycles. The number of carbonyl (C=O) groups excluding carboxylic acids is 1. The Labute approximate surface area is 310 Å². The van der Waals surface area contributed by atoms with Crippen LogP contribution in [0.4, 0.5) is 0 Å². The molecule has 3 heterocycles. The minimum absolute atomic E-state index is 0.0635. The summed E-state index contributed by atoms with van der Waals surface area (Å²) in [6.07, 6.45) is 6.25. The van der Waals surface area contributed by atoms with Gasteiger partial charge >= 0.3 is 0 Å². The molecule has 51 heavy (non-hydrogen) atoms. The summed E-state index contributed by atoms with van der Waals surface area (Å²) < 4.78 is 18.9. The van der Waals surface area contributed by atoms with E-state index >= 15 is 0 Å². The van der Waals surface area contributed by atoms with Gasteiger partial charge in [-0.05, 0) is 74.7 Å². The van der Waals surface area contributed by atoms with Crippen molar-refractivity contribution < 1.29 is 19.0 Å². The number of rotatable bonds is 13. The summed E-state index contributed by atoms with van der Waals surface area (Å²) in [5, 5.41) is 13.7. The van der Waals surface area contributed by atoms with Gasteiger partial charge in [0.15, 0.2) is 0 Å². The molecule has 11 heteroatoms. The molecular weight excluding hydrogens is 685 g/mol. The first-order valence-corrected chi connectivity index (χ1v) is 18.0. The fourth-order valence-electron chi connectivity index (χ4n) is 6.73. The van der Waals surface area contributed by atoms with Crippen molar-refractivity contribution >= 4 is 29.1 Å². The highest BCUT2D eigenvalue weighted by molar-refractivity contribution is 6.35. The van der Waals surface area contributed by atoms with Crippen molar-refractivity contribution in [2.75, 3.05) is 40.3 Å². The van der Waals surface area contributed by atoms with E-state index in [0.717, 1.165) is 59.3 Å². The number of likely N-dealkylation sites (N-methyl/N-ethyl adjacent to an activating group) is 1. The van der Waals surface area contributed by atoms with E-state index in [1.54, 1.807) is 30.3 Å². The standard InChI is InChI=1S/C40H43Cl2N5O4/c1-26-30(8-4-9-32(26)33-10-5-11-36(39(33)42)49-23-27-7-6-13-46(2)22-27)25-51-38-17-37(50-24-29-15-28(18-43)19-44-20-29)31(16-34(38)41)21-45-35-12-14-47(3)40(35)48/h4-5,8-11,15-17,19-20,27,35,45H,6-7,12-14,21-25H2,1-3H3. The number of hydrogen-bond acceptors (Lipinski definition) is 8. The fourth-order valence-corrected chi connectivity index (χ4v) is 7.25. The van der Waals surface area contributed by atoms with Gasteiger partial charge in [0.1, 0.15) is 36.5 Å². The highest BCUT2D eigenvalue weighted by Gasteiger charge is 2.29. The second-order valence-corrected chi connectivity index (χ2v) is 14.2. The Morgan fingerprint density at radius 3 is 2.51 bits per heavy atom. The molecule has 1 aromatic heterocycles. The highest BCUT2D eigenvalue weighted by Crippen LogP contribution is 2.39. The van der Waals surface area contributed by atoms with E-state index in [1.165, 1.54) is 12.6 Å². The number of ether oxygens (including phenoxy) is 3. The molecule has 0 radical (unpaired) electrons. The molecule has 2 saturated heterocycles. The number of aromatic nitrogens is 1. The molecule has 4 aromatic rings. The van der Waals surface area contributed by atoms with Gasteiger partial charge in [0.25, 0.3) is 0 Å². The molecule has 0 bridgehead atoms. The van der Waals surface area contributed by atoms with Crippen molar-refractivity contribution in [2.45, 2.75) is 52.0 Å². The zero-order valence-corrected chi connectivity index (χ0v) is 30.8. The van der Waals surface area contributed by atoms with E-state index in [0.29, 0.717) is 58.5 Å². The average Bonchev–Trinajstić information content (AvgIpc) is 3.46. The number of nitrogens with zero attached hydrogens (tertiary/aromatic N) is 4. The number of nitriles is 1. The molecular formula is C40H43Cl2N5O4. The fraction of sp³-hybridized carbons (Fsp3) is 0.375. The molecule has 0 spiro atoms. The third-order valence-electron chi connectivity index (χ3n) is 9.68. The summed E-state index contributed by atoms with van der Waals surface area (Å²) in [4.78, 5) is 20.8. The number of nitrogens with one attached hydrogen (secondary N) is 1. The van der Waals surface area contributed by atoms with Gasteiger partial charge in [-0.15, -0.1) is 0 Å². The van der Waals surface area contributed by atoms with Crippen LogP contribution in [0.5, 0.6) is 17.2 Å². The molecule has 2 atom stereocenters. The molecule has 266 valence electrons. The molecule has 9 nitrogen and oxygen atoms in total. The molecule has 2 unspecified atom stereocenters. The number of benzene rings is 3. The normalized spacial score (nSPS) is 17.7. The van der Waals surface area contributed by atoms with Crippen LogP contribution < -0.4 is 19.5 Å². The molecule has 0 saturated carbocycles. The lowest BCUT2D eigenvalue weighted by Crippen LogP contribution is -2.36. The molecule has 2 fully saturated rings. The number of halogens is 2. The Kier molecular flexibility index (Phi) is 12.0. The van der Waals surface area contributed by atoms with Crippen molar-refractivity contribution in [3.63, 3.8) is 0 Å². The molecule has 1 N–H and O–H groups in total. The molecule has 1 amide bonds. The Morgan fingerprint density at radius 1 is 0.922 bits per heavy atom. The highest BCUT2D eigenvalue weighted by atomic mass is 35.5. The maximum absolute atomic E-state index is 12.5. The Hall–Kier alpha value is -4.33. The van der Waals surface area contributed by atoms with Gasteiger partial charge in [-0.2, -0.15) is 5.26 Å². The summed E-state index contributed by atoms with van der Waals surface area (Å²) in [7, 11) is 3.96. The first-order chi connectivity index (χ1) is 24.7. The smallest absolute Gasteiger partial charge is 0.239 e. The van der Waals surface area contributed by atoms with E-state index in [9.17, 15) is 10.1 Å². The topological polar surface area (TPSA) is 99.9 Å². The maximum Gasteiger partial charge on any atom is 0.239 e. The van der Waals surface area contributed by atoms with Crippen molar-refractivity contribution in [3.8, 4) is 34.4 Å². The average molecular weight is 729 g/mol. The third-order valence-corrected chi connectivity index (χ3v) is 10.4. The van der Waals surface area contributed by atoms with Crippen LogP contribution >= 0.6 is 23.2 Å². The van der Waals surface area contributed by atoms with Gasteiger partial charge in [-0.3, -0.25) is 9.78 Å². The first kappa shape index (κ1) is 36.5. The van der Waals surface area contributed by atoms with Crippen LogP contribution in [0, 0.1) is 24.2 Å². The van der Waals surface area contributed by atoms with Crippen LogP contribution in [0.1, 0.15) is 47.1 Å². The van der Waals surface area contributed by atoms with Crippen molar-refractivity contribution in [1.29, 1.82) is 5.26 Å². The van der Waals surface area contributed by atoms with Crippen LogP contribution in [-0.4, -0.2) is 67.1 Å². The van der Waals surface area contributed by atoms with Crippen LogP contribution in [-0.2, 0) is 24.6 Å². The van der Waals surface area contributed by atoms with Crippen LogP contribution in [0.2, 0.25) is 10.0 Å². The second kappa shape index (κ2) is 16.8. The number of hydrogen-bond donors (Lipinski definition) is 1. The predicted molar refractivity (Wildman–Crippen MR) is 199 cm³/mol. The molecule has 2 aliphatic rings. The van der Waals surface area contributed by atoms with Gasteiger partial charge in [0.05, 0.1) is 28.3 Å². The summed E-state index contributed by atoms with van der Waals surface area (Å²) in [5.74, 6) is 2.25. The Morgan fingerprint density at radius 2 is 1.73 bits per heavy atom. The SMILES string of the molecule is Cc1c(COc2cc(OCc3cncc(C#N)c3)c(CNC3CCN(C)C3=O)cc2Cl)cccc1-c1cccc(OCC2CCCN(C)C2)c1Cl. The van der Waals surface area contributed by atoms with E-state index in [2.05, 4.69) is 41.3 Å². The molecule has 6 rings (SSSR count). The minimum atomic E-state index is -0.274. The number of pyridine rings is 1. The summed E-state index contributed by atoms with van der Waals surface area (Å²) in [6.45, 7) is 6.39. The second-order valence-electron chi connectivity index (χ2n) is 13.4. The zero-order valence-electron chi connectivity index (χ0n) is 29.3. The largest absolute Gasteiger partial charge is 0.492 e. The third kappa shape index (κ3) is 8.95. The van der Waals surface area contributed by atoms with Gasteiger partial charge < -0.3 is 29.3 Å². The van der Waals surface area contributed by atoms with Gasteiger partial charge in [0.2, 0.25) is 5.91 Å². The van der Waals surface area contributed by atoms with Gasteiger partial charge in [-0.25, -0.2) is 0 Å². The van der Waals surface area contributed by atoms with Gasteiger partial charge in [0, 0.05) is 67.8 Å². The zero-order chi connectivity index (χ0) is 35.9. The Balaban J connectivity index is 1.19. The first-order valence-electron chi connectivity index (χ1n) is 17.3. The summed E-state index contributed by atoms with van der Waals surface area (Å²) >= 11 is 13.8. The van der Waals surface area contributed by atoms with Crippen LogP contribution in [0.15, 0.2) is 67.0 Å². The molecule has 3 aromatic carbocycles. The van der Waals surface area contributed by atoms with Gasteiger partial charge in [-0.1, -0.05) is 53.5 Å². The predicted octanol–water partition coefficient (Wildman–Crippen LogP) is 7.43. The number of carbonyl (C=O) groups is 1. The maximum atomic E-state index is 12.5. The Bertz CT molecular complexity index is 1910. The van der Waals surface area contributed by atoms with E-state index in [1.807, 2.05) is 36.4 Å². The van der Waals surface area contributed by atoms with Crippen LogP contribution in [0.25, 0.3) is 11.1 Å². The van der Waals surface area contributed by atoms with E-state index in [4.69, 9.17) is 37.4 Å². The number of piperidine rings is 1. The minimum Gasteiger partial charge on any atom is -0.492 e. The monoisotopic (exact) mass is 727 g/mol. The van der Waals surface area contributed by atoms with E-state index < -0.39 is 0 Å². The van der Waals surface area contributed by atoms with Crippen molar-refractivity contribution in [1.82, 2.24) is 20.1 Å². The number of likely N-dealkylation sites (tertiary alicyclic amines) is 2. The number of amides is 1. The van der Waals surface area contributed by atoms with Crippen LogP contribution in [0.3, 0.4) is 0 Å². The lowest BCUT2D eigenvalue weighted by atomic mass is 9.96. The van der Waals surface area contributed by atoms with Crippen molar-refractivity contribution in [2.24, 2.45) is 5.92 Å². The summed E-state index contributed by atoms with van der Waals surface area (Å²) in [5.41, 5.74) is 5.91. The summed E-state index contributed by atoms with van der Waals surface area (Å²) in [6, 6.07) is 19.2.